The van der Waals surface area contributed by atoms with E-state index in [2.05, 4.69) is 38.1 Å². The fraction of sp³-hybridized carbons (Fsp3) is 0.786. The van der Waals surface area contributed by atoms with Crippen molar-refractivity contribution in [3.8, 4) is 0 Å². The van der Waals surface area contributed by atoms with Crippen molar-refractivity contribution >= 4 is 5.69 Å². The van der Waals surface area contributed by atoms with Crippen molar-refractivity contribution in [2.45, 2.75) is 53.0 Å². The van der Waals surface area contributed by atoms with Crippen molar-refractivity contribution in [1.82, 2.24) is 9.78 Å². The van der Waals surface area contributed by atoms with E-state index in [9.17, 15) is 0 Å². The lowest BCUT2D eigenvalue weighted by atomic mass is 9.80. The Bertz CT molecular complexity index is 394. The Kier molecular flexibility index (Phi) is 3.45. The molecule has 96 valence electrons. The minimum Gasteiger partial charge on any atom is -0.379 e. The van der Waals surface area contributed by atoms with E-state index in [1.165, 1.54) is 30.6 Å². The van der Waals surface area contributed by atoms with Gasteiger partial charge in [-0.2, -0.15) is 5.10 Å². The van der Waals surface area contributed by atoms with Crippen LogP contribution in [-0.4, -0.2) is 15.8 Å². The van der Waals surface area contributed by atoms with E-state index in [0.717, 1.165) is 17.5 Å². The first-order valence-corrected chi connectivity index (χ1v) is 6.75. The van der Waals surface area contributed by atoms with E-state index in [0.29, 0.717) is 6.04 Å². The molecular weight excluding hydrogens is 210 g/mol. The number of aryl methyl sites for hydroxylation is 2. The van der Waals surface area contributed by atoms with Crippen LogP contribution in [0.3, 0.4) is 0 Å². The van der Waals surface area contributed by atoms with Gasteiger partial charge in [0.2, 0.25) is 0 Å². The molecule has 3 nitrogen and oxygen atoms in total. The number of rotatable bonds is 2. The molecule has 3 atom stereocenters. The maximum Gasteiger partial charge on any atom is 0.0827 e. The van der Waals surface area contributed by atoms with Crippen molar-refractivity contribution in [3.05, 3.63) is 11.4 Å². The summed E-state index contributed by atoms with van der Waals surface area (Å²) in [5.74, 6) is 1.65. The zero-order valence-electron chi connectivity index (χ0n) is 11.7. The topological polar surface area (TPSA) is 29.9 Å². The third-order valence-corrected chi connectivity index (χ3v) is 4.27. The molecule has 1 saturated carbocycles. The van der Waals surface area contributed by atoms with Crippen LogP contribution >= 0.6 is 0 Å². The molecule has 1 heterocycles. The molecule has 1 aliphatic rings. The predicted octanol–water partition coefficient (Wildman–Crippen LogP) is 3.27. The van der Waals surface area contributed by atoms with Crippen LogP contribution in [0.15, 0.2) is 0 Å². The molecule has 1 aromatic rings. The molecule has 0 amide bonds. The van der Waals surface area contributed by atoms with Gasteiger partial charge in [-0.15, -0.1) is 0 Å². The Hall–Kier alpha value is -0.990. The minimum atomic E-state index is 0.618. The summed E-state index contributed by atoms with van der Waals surface area (Å²) >= 11 is 0. The molecule has 3 unspecified atom stereocenters. The number of aromatic nitrogens is 2. The van der Waals surface area contributed by atoms with Gasteiger partial charge < -0.3 is 5.32 Å². The van der Waals surface area contributed by atoms with E-state index in [-0.39, 0.29) is 0 Å². The summed E-state index contributed by atoms with van der Waals surface area (Å²) in [6, 6.07) is 0.618. The summed E-state index contributed by atoms with van der Waals surface area (Å²) < 4.78 is 1.97. The molecule has 0 saturated heterocycles. The summed E-state index contributed by atoms with van der Waals surface area (Å²) in [6.45, 7) is 8.96. The molecule has 1 aliphatic carbocycles. The fourth-order valence-electron chi connectivity index (χ4n) is 3.05. The summed E-state index contributed by atoms with van der Waals surface area (Å²) in [5.41, 5.74) is 3.61. The Morgan fingerprint density at radius 2 is 1.94 bits per heavy atom. The third-order valence-electron chi connectivity index (χ3n) is 4.27. The Morgan fingerprint density at radius 1 is 1.24 bits per heavy atom. The number of anilines is 1. The molecule has 0 aliphatic heterocycles. The van der Waals surface area contributed by atoms with Crippen LogP contribution in [0.2, 0.25) is 0 Å². The smallest absolute Gasteiger partial charge is 0.0827 e. The highest BCUT2D eigenvalue weighted by atomic mass is 15.3. The number of hydrogen-bond acceptors (Lipinski definition) is 2. The van der Waals surface area contributed by atoms with Gasteiger partial charge in [0.1, 0.15) is 0 Å². The van der Waals surface area contributed by atoms with Gasteiger partial charge in [0.05, 0.1) is 17.1 Å². The second-order valence-electron chi connectivity index (χ2n) is 5.82. The predicted molar refractivity (Wildman–Crippen MR) is 72.3 cm³/mol. The molecule has 2 rings (SSSR count). The number of hydrogen-bond donors (Lipinski definition) is 1. The SMILES string of the molecule is Cc1nn(C)c(C)c1NC1CCC(C)CC1C. The van der Waals surface area contributed by atoms with E-state index < -0.39 is 0 Å². The highest BCUT2D eigenvalue weighted by Gasteiger charge is 2.26. The van der Waals surface area contributed by atoms with Gasteiger partial charge in [-0.3, -0.25) is 4.68 Å². The Labute approximate surface area is 105 Å². The Balaban J connectivity index is 2.10. The summed E-state index contributed by atoms with van der Waals surface area (Å²) in [4.78, 5) is 0. The molecular formula is C14H25N3. The van der Waals surface area contributed by atoms with Crippen LogP contribution < -0.4 is 5.32 Å². The van der Waals surface area contributed by atoms with Gasteiger partial charge in [0.25, 0.3) is 0 Å². The molecule has 0 aromatic carbocycles. The first-order chi connectivity index (χ1) is 7.99. The average molecular weight is 235 g/mol. The first kappa shape index (κ1) is 12.5. The van der Waals surface area contributed by atoms with Crippen molar-refractivity contribution in [1.29, 1.82) is 0 Å². The maximum atomic E-state index is 4.47. The molecule has 1 aromatic heterocycles. The largest absolute Gasteiger partial charge is 0.379 e. The van der Waals surface area contributed by atoms with Crippen LogP contribution in [0, 0.1) is 25.7 Å². The summed E-state index contributed by atoms with van der Waals surface area (Å²) in [7, 11) is 2.01. The summed E-state index contributed by atoms with van der Waals surface area (Å²) in [6.07, 6.45) is 3.98. The lowest BCUT2D eigenvalue weighted by Gasteiger charge is -2.33. The van der Waals surface area contributed by atoms with E-state index in [1.807, 2.05) is 11.7 Å². The van der Waals surface area contributed by atoms with Crippen molar-refractivity contribution in [2.75, 3.05) is 5.32 Å². The molecule has 0 spiro atoms. The Morgan fingerprint density at radius 3 is 2.47 bits per heavy atom. The standard InChI is InChI=1S/C14H25N3/c1-9-6-7-13(10(2)8-9)15-14-11(3)16-17(5)12(14)4/h9-10,13,15H,6-8H2,1-5H3. The molecule has 17 heavy (non-hydrogen) atoms. The minimum absolute atomic E-state index is 0.618. The maximum absolute atomic E-state index is 4.47. The van der Waals surface area contributed by atoms with Crippen molar-refractivity contribution < 1.29 is 0 Å². The second kappa shape index (κ2) is 4.71. The fourth-order valence-corrected chi connectivity index (χ4v) is 3.05. The second-order valence-corrected chi connectivity index (χ2v) is 5.82. The van der Waals surface area contributed by atoms with Gasteiger partial charge in [0.15, 0.2) is 0 Å². The molecule has 0 bridgehead atoms. The lowest BCUT2D eigenvalue weighted by Crippen LogP contribution is -2.33. The van der Waals surface area contributed by atoms with Gasteiger partial charge in [0, 0.05) is 13.1 Å². The van der Waals surface area contributed by atoms with Crippen LogP contribution in [-0.2, 0) is 7.05 Å². The lowest BCUT2D eigenvalue weighted by molar-refractivity contribution is 0.276. The first-order valence-electron chi connectivity index (χ1n) is 6.75. The van der Waals surface area contributed by atoms with Crippen LogP contribution in [0.4, 0.5) is 5.69 Å². The molecule has 1 fully saturated rings. The molecule has 1 N–H and O–H groups in total. The average Bonchev–Trinajstić information content (AvgIpc) is 2.48. The van der Waals surface area contributed by atoms with Gasteiger partial charge in [-0.25, -0.2) is 0 Å². The van der Waals surface area contributed by atoms with Gasteiger partial charge in [-0.1, -0.05) is 13.8 Å². The summed E-state index contributed by atoms with van der Waals surface area (Å²) in [5, 5.41) is 8.20. The monoisotopic (exact) mass is 235 g/mol. The van der Waals surface area contributed by atoms with E-state index >= 15 is 0 Å². The van der Waals surface area contributed by atoms with Crippen molar-refractivity contribution in [2.24, 2.45) is 18.9 Å². The molecule has 0 radical (unpaired) electrons. The number of nitrogens with zero attached hydrogens (tertiary/aromatic N) is 2. The van der Waals surface area contributed by atoms with E-state index in [4.69, 9.17) is 0 Å². The van der Waals surface area contributed by atoms with Gasteiger partial charge >= 0.3 is 0 Å². The van der Waals surface area contributed by atoms with Crippen LogP contribution in [0.1, 0.15) is 44.5 Å². The highest BCUT2D eigenvalue weighted by molar-refractivity contribution is 5.52. The number of nitrogens with one attached hydrogen (secondary N) is 1. The van der Waals surface area contributed by atoms with Gasteiger partial charge in [-0.05, 0) is 44.9 Å². The highest BCUT2D eigenvalue weighted by Crippen LogP contribution is 2.32. The van der Waals surface area contributed by atoms with Crippen LogP contribution in [0.25, 0.3) is 0 Å². The quantitative estimate of drug-likeness (QED) is 0.852. The normalized spacial score (nSPS) is 29.4. The van der Waals surface area contributed by atoms with Crippen molar-refractivity contribution in [3.63, 3.8) is 0 Å². The molecule has 3 heteroatoms. The van der Waals surface area contributed by atoms with Crippen LogP contribution in [0.5, 0.6) is 0 Å². The van der Waals surface area contributed by atoms with E-state index in [1.54, 1.807) is 0 Å². The third kappa shape index (κ3) is 2.48. The zero-order chi connectivity index (χ0) is 12.6. The zero-order valence-corrected chi connectivity index (χ0v) is 11.7.